The number of carbonyl (C=O) groups excluding carboxylic acids is 1. The highest BCUT2D eigenvalue weighted by atomic mass is 35.5. The smallest absolute Gasteiger partial charge is 0.226 e. The van der Waals surface area contributed by atoms with E-state index in [4.69, 9.17) is 10.3 Å². The lowest BCUT2D eigenvalue weighted by Crippen LogP contribution is -2.49. The fraction of sp³-hybridized carbons (Fsp3) is 0.562. The lowest BCUT2D eigenvalue weighted by molar-refractivity contribution is -0.121. The highest BCUT2D eigenvalue weighted by Crippen LogP contribution is 2.21. The zero-order valence-electron chi connectivity index (χ0n) is 14.1. The molecule has 0 atom stereocenters. The SMILES string of the molecule is CCC(N)(CC)CNC(=O)CCCc1nc(-c2cccs2)no1.Cl. The van der Waals surface area contributed by atoms with Gasteiger partial charge in [-0.2, -0.15) is 4.98 Å². The second-order valence-electron chi connectivity index (χ2n) is 5.69. The van der Waals surface area contributed by atoms with E-state index in [9.17, 15) is 4.79 Å². The molecule has 134 valence electrons. The Hall–Kier alpha value is -1.44. The number of halogens is 1. The predicted octanol–water partition coefficient (Wildman–Crippen LogP) is 3.18. The Bertz CT molecular complexity index is 611. The fourth-order valence-electron chi connectivity index (χ4n) is 2.13. The maximum atomic E-state index is 11.9. The normalized spacial score (nSPS) is 11.1. The molecule has 0 aliphatic rings. The maximum Gasteiger partial charge on any atom is 0.226 e. The number of aromatic nitrogens is 2. The van der Waals surface area contributed by atoms with E-state index >= 15 is 0 Å². The van der Waals surface area contributed by atoms with E-state index in [2.05, 4.69) is 15.5 Å². The van der Waals surface area contributed by atoms with Crippen LogP contribution in [-0.4, -0.2) is 28.1 Å². The molecular weight excluding hydrogens is 348 g/mol. The van der Waals surface area contributed by atoms with E-state index in [1.165, 1.54) is 0 Å². The van der Waals surface area contributed by atoms with Crippen LogP contribution in [-0.2, 0) is 11.2 Å². The number of hydrogen-bond donors (Lipinski definition) is 2. The first-order valence-electron chi connectivity index (χ1n) is 7.98. The molecule has 2 heterocycles. The Labute approximate surface area is 152 Å². The summed E-state index contributed by atoms with van der Waals surface area (Å²) in [4.78, 5) is 17.2. The molecule has 3 N–H and O–H groups in total. The fourth-order valence-corrected chi connectivity index (χ4v) is 2.77. The highest BCUT2D eigenvalue weighted by Gasteiger charge is 2.20. The van der Waals surface area contributed by atoms with Crippen LogP contribution in [0.5, 0.6) is 0 Å². The van der Waals surface area contributed by atoms with Crippen molar-refractivity contribution in [1.82, 2.24) is 15.5 Å². The molecule has 0 bridgehead atoms. The molecule has 1 amide bonds. The third-order valence-electron chi connectivity index (χ3n) is 4.05. The summed E-state index contributed by atoms with van der Waals surface area (Å²) in [5.41, 5.74) is 5.86. The maximum absolute atomic E-state index is 11.9. The zero-order chi connectivity index (χ0) is 16.7. The second-order valence-corrected chi connectivity index (χ2v) is 6.64. The molecule has 8 heteroatoms. The Balaban J connectivity index is 0.00000288. The van der Waals surface area contributed by atoms with Crippen LogP contribution in [0.3, 0.4) is 0 Å². The lowest BCUT2D eigenvalue weighted by Gasteiger charge is -2.26. The quantitative estimate of drug-likeness (QED) is 0.705. The molecule has 0 unspecified atom stereocenters. The van der Waals surface area contributed by atoms with Gasteiger partial charge in [0.05, 0.1) is 4.88 Å². The van der Waals surface area contributed by atoms with Crippen molar-refractivity contribution < 1.29 is 9.32 Å². The van der Waals surface area contributed by atoms with Gasteiger partial charge in [0.25, 0.3) is 0 Å². The molecule has 0 fully saturated rings. The van der Waals surface area contributed by atoms with Crippen molar-refractivity contribution in [2.45, 2.75) is 51.5 Å². The van der Waals surface area contributed by atoms with Crippen molar-refractivity contribution in [2.24, 2.45) is 5.73 Å². The van der Waals surface area contributed by atoms with Crippen LogP contribution >= 0.6 is 23.7 Å². The first kappa shape index (κ1) is 20.6. The summed E-state index contributed by atoms with van der Waals surface area (Å²) >= 11 is 1.57. The summed E-state index contributed by atoms with van der Waals surface area (Å²) in [6.07, 6.45) is 3.39. The number of carbonyl (C=O) groups is 1. The lowest BCUT2D eigenvalue weighted by atomic mass is 9.94. The number of aryl methyl sites for hydroxylation is 1. The first-order chi connectivity index (χ1) is 11.1. The van der Waals surface area contributed by atoms with Crippen LogP contribution < -0.4 is 11.1 Å². The van der Waals surface area contributed by atoms with E-state index in [0.29, 0.717) is 37.5 Å². The minimum Gasteiger partial charge on any atom is -0.354 e. The number of nitrogens with two attached hydrogens (primary N) is 1. The van der Waals surface area contributed by atoms with E-state index in [1.807, 2.05) is 31.4 Å². The summed E-state index contributed by atoms with van der Waals surface area (Å²) in [5, 5.41) is 8.84. The summed E-state index contributed by atoms with van der Waals surface area (Å²) < 4.78 is 5.21. The average molecular weight is 373 g/mol. The van der Waals surface area contributed by atoms with Crippen molar-refractivity contribution in [2.75, 3.05) is 6.54 Å². The van der Waals surface area contributed by atoms with Gasteiger partial charge in [-0.25, -0.2) is 0 Å². The molecule has 0 spiro atoms. The predicted molar refractivity (Wildman–Crippen MR) is 98.3 cm³/mol. The molecule has 0 aliphatic carbocycles. The molecule has 0 aliphatic heterocycles. The minimum absolute atomic E-state index is 0. The number of thiophene rings is 1. The van der Waals surface area contributed by atoms with Crippen LogP contribution in [0.2, 0.25) is 0 Å². The van der Waals surface area contributed by atoms with Gasteiger partial charge in [0, 0.05) is 24.9 Å². The van der Waals surface area contributed by atoms with Gasteiger partial charge in [0.15, 0.2) is 0 Å². The number of hydrogen-bond acceptors (Lipinski definition) is 6. The molecule has 0 aromatic carbocycles. The first-order valence-corrected chi connectivity index (χ1v) is 8.86. The van der Waals surface area contributed by atoms with Gasteiger partial charge in [-0.15, -0.1) is 23.7 Å². The molecular formula is C16H25ClN4O2S. The van der Waals surface area contributed by atoms with E-state index in [1.54, 1.807) is 11.3 Å². The van der Waals surface area contributed by atoms with Gasteiger partial charge in [0.2, 0.25) is 17.6 Å². The van der Waals surface area contributed by atoms with Crippen LogP contribution in [0.1, 0.15) is 45.4 Å². The van der Waals surface area contributed by atoms with Crippen LogP contribution in [0.15, 0.2) is 22.0 Å². The number of amides is 1. The van der Waals surface area contributed by atoms with E-state index in [0.717, 1.165) is 17.7 Å². The number of rotatable bonds is 9. The van der Waals surface area contributed by atoms with Crippen molar-refractivity contribution in [3.63, 3.8) is 0 Å². The molecule has 6 nitrogen and oxygen atoms in total. The topological polar surface area (TPSA) is 94.0 Å². The van der Waals surface area contributed by atoms with Gasteiger partial charge in [0.1, 0.15) is 0 Å². The van der Waals surface area contributed by atoms with Crippen molar-refractivity contribution >= 4 is 29.7 Å². The molecule has 0 saturated carbocycles. The minimum atomic E-state index is -0.308. The van der Waals surface area contributed by atoms with Crippen molar-refractivity contribution in [1.29, 1.82) is 0 Å². The van der Waals surface area contributed by atoms with Crippen LogP contribution in [0, 0.1) is 0 Å². The van der Waals surface area contributed by atoms with Gasteiger partial charge in [-0.1, -0.05) is 25.1 Å². The summed E-state index contributed by atoms with van der Waals surface area (Å²) in [6.45, 7) is 4.59. The Morgan fingerprint density at radius 3 is 2.79 bits per heavy atom. The van der Waals surface area contributed by atoms with Crippen molar-refractivity contribution in [3.05, 3.63) is 23.4 Å². The van der Waals surface area contributed by atoms with E-state index < -0.39 is 0 Å². The molecule has 2 aromatic rings. The van der Waals surface area contributed by atoms with Gasteiger partial charge < -0.3 is 15.6 Å². The van der Waals surface area contributed by atoms with Crippen LogP contribution in [0.4, 0.5) is 0 Å². The zero-order valence-corrected chi connectivity index (χ0v) is 15.7. The Kier molecular flexibility index (Phi) is 8.38. The van der Waals surface area contributed by atoms with Gasteiger partial charge >= 0.3 is 0 Å². The monoisotopic (exact) mass is 372 g/mol. The van der Waals surface area contributed by atoms with Crippen molar-refractivity contribution in [3.8, 4) is 10.7 Å². The third kappa shape index (κ3) is 5.89. The Morgan fingerprint density at radius 2 is 2.17 bits per heavy atom. The number of nitrogens with zero attached hydrogens (tertiary/aromatic N) is 2. The summed E-state index contributed by atoms with van der Waals surface area (Å²) in [6, 6.07) is 3.90. The summed E-state index contributed by atoms with van der Waals surface area (Å²) in [5.74, 6) is 1.19. The molecule has 2 aromatic heterocycles. The van der Waals surface area contributed by atoms with Gasteiger partial charge in [-0.3, -0.25) is 4.79 Å². The van der Waals surface area contributed by atoms with Gasteiger partial charge in [-0.05, 0) is 30.7 Å². The largest absolute Gasteiger partial charge is 0.354 e. The molecule has 0 saturated heterocycles. The highest BCUT2D eigenvalue weighted by molar-refractivity contribution is 7.13. The number of nitrogens with one attached hydrogen (secondary N) is 1. The second kappa shape index (κ2) is 9.76. The molecule has 2 rings (SSSR count). The summed E-state index contributed by atoms with van der Waals surface area (Å²) in [7, 11) is 0. The van der Waals surface area contributed by atoms with E-state index in [-0.39, 0.29) is 23.9 Å². The van der Waals surface area contributed by atoms with Crippen LogP contribution in [0.25, 0.3) is 10.7 Å². The third-order valence-corrected chi connectivity index (χ3v) is 4.92. The molecule has 0 radical (unpaired) electrons. The Morgan fingerprint density at radius 1 is 1.42 bits per heavy atom. The average Bonchev–Trinajstić information content (AvgIpc) is 3.23. The molecule has 24 heavy (non-hydrogen) atoms. The standard InChI is InChI=1S/C16H24N4O2S.ClH/c1-3-16(17,4-2)11-18-13(21)8-5-9-14-19-15(20-22-14)12-7-6-10-23-12;/h6-7,10H,3-5,8-9,11,17H2,1-2H3,(H,18,21);1H.